The molecule has 1 unspecified atom stereocenters. The van der Waals surface area contributed by atoms with Gasteiger partial charge >= 0.3 is 0 Å². The molecule has 0 saturated carbocycles. The third-order valence-electron chi connectivity index (χ3n) is 3.80. The van der Waals surface area contributed by atoms with E-state index in [1.165, 1.54) is 17.8 Å². The predicted molar refractivity (Wildman–Crippen MR) is 91.9 cm³/mol. The lowest BCUT2D eigenvalue weighted by atomic mass is 10.1. The number of likely N-dealkylation sites (tertiary alicyclic amines) is 1. The van der Waals surface area contributed by atoms with Crippen LogP contribution in [0.4, 0.5) is 5.82 Å². The summed E-state index contributed by atoms with van der Waals surface area (Å²) in [5, 5.41) is 12.3. The van der Waals surface area contributed by atoms with Crippen molar-refractivity contribution in [3.63, 3.8) is 0 Å². The van der Waals surface area contributed by atoms with Crippen molar-refractivity contribution in [2.24, 2.45) is 0 Å². The van der Waals surface area contributed by atoms with Crippen LogP contribution in [0.3, 0.4) is 0 Å². The number of hydrogen-bond acceptors (Lipinski definition) is 6. The molecule has 3 rings (SSSR count). The quantitative estimate of drug-likeness (QED) is 0.499. The monoisotopic (exact) mass is 352 g/mol. The highest BCUT2D eigenvalue weighted by atomic mass is 35.5. The first-order valence-electron chi connectivity index (χ1n) is 7.26. The minimum atomic E-state index is -0.0459. The van der Waals surface area contributed by atoms with Gasteiger partial charge in [-0.15, -0.1) is 11.8 Å². The van der Waals surface area contributed by atoms with Gasteiger partial charge in [-0.2, -0.15) is 15.1 Å². The van der Waals surface area contributed by atoms with Gasteiger partial charge in [-0.3, -0.25) is 9.89 Å². The number of rotatable bonds is 4. The number of fused-ring (bicyclic) bond motifs is 1. The van der Waals surface area contributed by atoms with E-state index in [1.807, 2.05) is 6.26 Å². The summed E-state index contributed by atoms with van der Waals surface area (Å²) < 4.78 is 0. The Morgan fingerprint density at radius 3 is 3.13 bits per heavy atom. The fraction of sp³-hybridized carbons (Fsp3) is 0.429. The van der Waals surface area contributed by atoms with Gasteiger partial charge < -0.3 is 10.2 Å². The summed E-state index contributed by atoms with van der Waals surface area (Å²) in [6.07, 6.45) is 5.18. The minimum Gasteiger partial charge on any atom is -0.365 e. The standard InChI is InChI=1S/C14H17ClN6OS/c1-3-9(22)21-6-4-5-8(7-21)16-11-10-12(18-14(15)17-11)19-20-13(10)23-2/h3,8H,1,4-7H2,2H3,(H2,16,17,18,19,20). The molecule has 23 heavy (non-hydrogen) atoms. The van der Waals surface area contributed by atoms with Crippen molar-refractivity contribution in [1.82, 2.24) is 25.1 Å². The molecule has 2 N–H and O–H groups in total. The third kappa shape index (κ3) is 3.28. The van der Waals surface area contributed by atoms with E-state index in [9.17, 15) is 4.79 Å². The first kappa shape index (κ1) is 16.1. The topological polar surface area (TPSA) is 86.8 Å². The zero-order valence-electron chi connectivity index (χ0n) is 12.7. The van der Waals surface area contributed by atoms with Crippen LogP contribution < -0.4 is 5.32 Å². The molecule has 1 aliphatic rings. The summed E-state index contributed by atoms with van der Waals surface area (Å²) in [6.45, 7) is 4.91. The van der Waals surface area contributed by atoms with Crippen LogP contribution in [-0.4, -0.2) is 56.4 Å². The Labute approximate surface area is 142 Å². The van der Waals surface area contributed by atoms with Crippen LogP contribution in [0.2, 0.25) is 5.28 Å². The van der Waals surface area contributed by atoms with Gasteiger partial charge in [-0.25, -0.2) is 0 Å². The molecule has 7 nitrogen and oxygen atoms in total. The lowest BCUT2D eigenvalue weighted by Crippen LogP contribution is -2.44. The predicted octanol–water partition coefficient (Wildman–Crippen LogP) is 2.32. The van der Waals surface area contributed by atoms with Crippen molar-refractivity contribution < 1.29 is 4.79 Å². The minimum absolute atomic E-state index is 0.0459. The maximum Gasteiger partial charge on any atom is 0.246 e. The number of halogens is 1. The van der Waals surface area contributed by atoms with Crippen molar-refractivity contribution in [3.8, 4) is 0 Å². The third-order valence-corrected chi connectivity index (χ3v) is 4.65. The van der Waals surface area contributed by atoms with Gasteiger partial charge in [0.25, 0.3) is 0 Å². The maximum absolute atomic E-state index is 11.8. The van der Waals surface area contributed by atoms with Crippen LogP contribution in [0.1, 0.15) is 12.8 Å². The van der Waals surface area contributed by atoms with E-state index in [0.29, 0.717) is 18.0 Å². The summed E-state index contributed by atoms with van der Waals surface area (Å²) >= 11 is 7.51. The van der Waals surface area contributed by atoms with Gasteiger partial charge in [0.05, 0.1) is 5.39 Å². The average molecular weight is 353 g/mol. The Hall–Kier alpha value is -1.80. The van der Waals surface area contributed by atoms with E-state index >= 15 is 0 Å². The van der Waals surface area contributed by atoms with E-state index in [0.717, 1.165) is 29.8 Å². The molecule has 2 aromatic rings. The second-order valence-corrected chi connectivity index (χ2v) is 6.40. The molecular formula is C14H17ClN6OS. The fourth-order valence-electron chi connectivity index (χ4n) is 2.75. The highest BCUT2D eigenvalue weighted by Crippen LogP contribution is 2.30. The van der Waals surface area contributed by atoms with Crippen LogP contribution in [0, 0.1) is 0 Å². The van der Waals surface area contributed by atoms with Crippen molar-refractivity contribution >= 4 is 46.1 Å². The molecule has 1 amide bonds. The summed E-state index contributed by atoms with van der Waals surface area (Å²) in [7, 11) is 0. The van der Waals surface area contributed by atoms with E-state index < -0.39 is 0 Å². The molecule has 0 spiro atoms. The van der Waals surface area contributed by atoms with Gasteiger partial charge in [0.15, 0.2) is 5.65 Å². The van der Waals surface area contributed by atoms with Crippen LogP contribution in [0.25, 0.3) is 11.0 Å². The number of carbonyl (C=O) groups excluding carboxylic acids is 1. The first-order valence-corrected chi connectivity index (χ1v) is 8.86. The Morgan fingerprint density at radius 1 is 1.57 bits per heavy atom. The normalized spacial score (nSPS) is 18.2. The number of carbonyl (C=O) groups is 1. The highest BCUT2D eigenvalue weighted by molar-refractivity contribution is 7.98. The SMILES string of the molecule is C=CC(=O)N1CCCC(Nc2nc(Cl)nc3[nH]nc(SC)c23)C1. The van der Waals surface area contributed by atoms with Crippen LogP contribution in [0.15, 0.2) is 17.7 Å². The number of nitrogens with zero attached hydrogens (tertiary/aromatic N) is 4. The van der Waals surface area contributed by atoms with Crippen LogP contribution in [-0.2, 0) is 4.79 Å². The lowest BCUT2D eigenvalue weighted by Gasteiger charge is -2.32. The average Bonchev–Trinajstić information content (AvgIpc) is 2.97. The van der Waals surface area contributed by atoms with E-state index in [4.69, 9.17) is 11.6 Å². The van der Waals surface area contributed by atoms with Gasteiger partial charge in [-0.1, -0.05) is 6.58 Å². The van der Waals surface area contributed by atoms with E-state index in [1.54, 1.807) is 4.90 Å². The first-order chi connectivity index (χ1) is 11.1. The number of thioether (sulfide) groups is 1. The molecule has 0 aliphatic carbocycles. The zero-order valence-corrected chi connectivity index (χ0v) is 14.2. The number of H-pyrrole nitrogens is 1. The molecule has 122 valence electrons. The number of aromatic nitrogens is 4. The molecule has 3 heterocycles. The van der Waals surface area contributed by atoms with Gasteiger partial charge in [0, 0.05) is 19.1 Å². The number of anilines is 1. The Bertz CT molecular complexity index is 748. The van der Waals surface area contributed by atoms with Crippen LogP contribution >= 0.6 is 23.4 Å². The summed E-state index contributed by atoms with van der Waals surface area (Å²) in [5.74, 6) is 0.603. The number of aromatic amines is 1. The van der Waals surface area contributed by atoms with Crippen molar-refractivity contribution in [2.45, 2.75) is 23.9 Å². The van der Waals surface area contributed by atoms with Crippen molar-refractivity contribution in [1.29, 1.82) is 0 Å². The molecule has 9 heteroatoms. The molecule has 2 aromatic heterocycles. The Balaban J connectivity index is 1.87. The lowest BCUT2D eigenvalue weighted by molar-refractivity contribution is -0.127. The molecule has 1 saturated heterocycles. The Kier molecular flexibility index (Phi) is 4.72. The number of nitrogens with one attached hydrogen (secondary N) is 2. The summed E-state index contributed by atoms with van der Waals surface area (Å²) in [4.78, 5) is 22.1. The number of piperidine rings is 1. The van der Waals surface area contributed by atoms with Gasteiger partial charge in [-0.05, 0) is 36.8 Å². The largest absolute Gasteiger partial charge is 0.365 e. The molecular weight excluding hydrogens is 336 g/mol. The fourth-order valence-corrected chi connectivity index (χ4v) is 3.45. The molecule has 0 bridgehead atoms. The van der Waals surface area contributed by atoms with Crippen molar-refractivity contribution in [2.75, 3.05) is 24.7 Å². The van der Waals surface area contributed by atoms with Gasteiger partial charge in [0.2, 0.25) is 11.2 Å². The second kappa shape index (κ2) is 6.76. The van der Waals surface area contributed by atoms with Gasteiger partial charge in [0.1, 0.15) is 10.8 Å². The van der Waals surface area contributed by atoms with Crippen LogP contribution in [0.5, 0.6) is 0 Å². The zero-order chi connectivity index (χ0) is 16.4. The smallest absolute Gasteiger partial charge is 0.246 e. The van der Waals surface area contributed by atoms with E-state index in [2.05, 4.69) is 32.1 Å². The molecule has 0 radical (unpaired) electrons. The highest BCUT2D eigenvalue weighted by Gasteiger charge is 2.24. The molecule has 0 aromatic carbocycles. The summed E-state index contributed by atoms with van der Waals surface area (Å²) in [5.41, 5.74) is 0.603. The summed E-state index contributed by atoms with van der Waals surface area (Å²) in [6, 6.07) is 0.103. The molecule has 1 aliphatic heterocycles. The maximum atomic E-state index is 11.8. The Morgan fingerprint density at radius 2 is 2.39 bits per heavy atom. The van der Waals surface area contributed by atoms with Crippen molar-refractivity contribution in [3.05, 3.63) is 17.9 Å². The number of hydrogen-bond donors (Lipinski definition) is 2. The second-order valence-electron chi connectivity index (χ2n) is 5.27. The van der Waals surface area contributed by atoms with E-state index in [-0.39, 0.29) is 17.2 Å². The molecule has 1 fully saturated rings. The molecule has 1 atom stereocenters. The number of amides is 1.